The van der Waals surface area contributed by atoms with Crippen LogP contribution in [0.4, 0.5) is 0 Å². The summed E-state index contributed by atoms with van der Waals surface area (Å²) in [5.41, 5.74) is 1.75. The second kappa shape index (κ2) is 8.30. The van der Waals surface area contributed by atoms with E-state index >= 15 is 0 Å². The SMILES string of the molecule is CCOc1ccc(S(=O)(=O)N/N=C(\C)CCc2ccc3c(c2)OCO3)cc1. The lowest BCUT2D eigenvalue weighted by molar-refractivity contribution is 0.174. The Kier molecular flexibility index (Phi) is 5.85. The van der Waals surface area contributed by atoms with Crippen molar-refractivity contribution in [2.24, 2.45) is 5.10 Å². The lowest BCUT2D eigenvalue weighted by atomic mass is 10.1. The highest BCUT2D eigenvalue weighted by atomic mass is 32.2. The topological polar surface area (TPSA) is 86.2 Å². The third-order valence-electron chi connectivity index (χ3n) is 4.01. The van der Waals surface area contributed by atoms with Crippen molar-refractivity contribution >= 4 is 15.7 Å². The maximum atomic E-state index is 12.3. The molecule has 0 atom stereocenters. The minimum Gasteiger partial charge on any atom is -0.494 e. The average Bonchev–Trinajstić information content (AvgIpc) is 3.13. The number of aryl methyl sites for hydroxylation is 1. The second-order valence-electron chi connectivity index (χ2n) is 6.03. The van der Waals surface area contributed by atoms with Crippen molar-refractivity contribution in [1.29, 1.82) is 0 Å². The van der Waals surface area contributed by atoms with Crippen molar-refractivity contribution < 1.29 is 22.6 Å². The Morgan fingerprint density at radius 2 is 1.89 bits per heavy atom. The van der Waals surface area contributed by atoms with Crippen molar-refractivity contribution in [1.82, 2.24) is 4.83 Å². The molecule has 8 heteroatoms. The molecule has 1 heterocycles. The van der Waals surface area contributed by atoms with E-state index in [1.165, 1.54) is 12.1 Å². The third-order valence-corrected chi connectivity index (χ3v) is 5.24. The summed E-state index contributed by atoms with van der Waals surface area (Å²) in [5.74, 6) is 2.10. The molecule has 2 aromatic carbocycles. The number of sulfonamides is 1. The van der Waals surface area contributed by atoms with E-state index in [0.29, 0.717) is 24.5 Å². The van der Waals surface area contributed by atoms with E-state index in [9.17, 15) is 8.42 Å². The number of hydrogen-bond acceptors (Lipinski definition) is 6. The molecule has 3 rings (SSSR count). The minimum atomic E-state index is -3.71. The number of benzene rings is 2. The third kappa shape index (κ3) is 4.91. The number of rotatable bonds is 8. The van der Waals surface area contributed by atoms with E-state index in [2.05, 4.69) is 9.93 Å². The Labute approximate surface area is 159 Å². The lowest BCUT2D eigenvalue weighted by Crippen LogP contribution is -2.19. The molecule has 2 aromatic rings. The Morgan fingerprint density at radius 1 is 1.15 bits per heavy atom. The first-order chi connectivity index (χ1) is 13.0. The van der Waals surface area contributed by atoms with Crippen LogP contribution in [0.5, 0.6) is 17.2 Å². The fraction of sp³-hybridized carbons (Fsp3) is 0.316. The zero-order valence-electron chi connectivity index (χ0n) is 15.3. The van der Waals surface area contributed by atoms with Gasteiger partial charge >= 0.3 is 0 Å². The van der Waals surface area contributed by atoms with Crippen LogP contribution >= 0.6 is 0 Å². The van der Waals surface area contributed by atoms with Crippen LogP contribution in [0.1, 0.15) is 25.8 Å². The van der Waals surface area contributed by atoms with Gasteiger partial charge in [0.15, 0.2) is 11.5 Å². The molecule has 0 unspecified atom stereocenters. The number of ether oxygens (including phenoxy) is 3. The van der Waals surface area contributed by atoms with Gasteiger partial charge in [-0.25, -0.2) is 4.83 Å². The minimum absolute atomic E-state index is 0.137. The second-order valence-corrected chi connectivity index (χ2v) is 7.69. The van der Waals surface area contributed by atoms with Crippen molar-refractivity contribution in [2.45, 2.75) is 31.6 Å². The summed E-state index contributed by atoms with van der Waals surface area (Å²) < 4.78 is 40.6. The molecule has 0 fully saturated rings. The highest BCUT2D eigenvalue weighted by molar-refractivity contribution is 7.89. The highest BCUT2D eigenvalue weighted by Crippen LogP contribution is 2.32. The molecule has 1 N–H and O–H groups in total. The van der Waals surface area contributed by atoms with Crippen LogP contribution in [0.25, 0.3) is 0 Å². The molecule has 0 spiro atoms. The molecular weight excluding hydrogens is 368 g/mol. The Bertz CT molecular complexity index is 924. The molecule has 0 amide bonds. The molecule has 0 bridgehead atoms. The first kappa shape index (κ1) is 19.0. The van der Waals surface area contributed by atoms with Crippen LogP contribution in [0.3, 0.4) is 0 Å². The van der Waals surface area contributed by atoms with Crippen LogP contribution in [-0.2, 0) is 16.4 Å². The van der Waals surface area contributed by atoms with Crippen molar-refractivity contribution in [3.8, 4) is 17.2 Å². The van der Waals surface area contributed by atoms with Gasteiger partial charge in [0.1, 0.15) is 5.75 Å². The van der Waals surface area contributed by atoms with Crippen LogP contribution < -0.4 is 19.0 Å². The molecule has 0 saturated heterocycles. The Balaban J connectivity index is 1.57. The molecule has 0 aliphatic carbocycles. The summed E-state index contributed by atoms with van der Waals surface area (Å²) in [6.45, 7) is 4.42. The molecule has 27 heavy (non-hydrogen) atoms. The molecule has 144 valence electrons. The highest BCUT2D eigenvalue weighted by Gasteiger charge is 2.14. The van der Waals surface area contributed by atoms with Gasteiger partial charge in [0.25, 0.3) is 10.0 Å². The van der Waals surface area contributed by atoms with E-state index in [1.54, 1.807) is 19.1 Å². The van der Waals surface area contributed by atoms with Gasteiger partial charge in [-0.15, -0.1) is 0 Å². The maximum absolute atomic E-state index is 12.3. The van der Waals surface area contributed by atoms with Gasteiger partial charge in [-0.2, -0.15) is 13.5 Å². The molecular formula is C19H22N2O5S. The summed E-state index contributed by atoms with van der Waals surface area (Å²) in [6, 6.07) is 12.0. The molecule has 0 saturated carbocycles. The number of nitrogens with one attached hydrogen (secondary N) is 1. The van der Waals surface area contributed by atoms with Crippen LogP contribution in [0, 0.1) is 0 Å². The summed E-state index contributed by atoms with van der Waals surface area (Å²) in [7, 11) is -3.71. The zero-order chi connectivity index (χ0) is 19.3. The van der Waals surface area contributed by atoms with Crippen molar-refractivity contribution in [3.05, 3.63) is 48.0 Å². The summed E-state index contributed by atoms with van der Waals surface area (Å²) in [5, 5.41) is 4.01. The lowest BCUT2D eigenvalue weighted by Gasteiger charge is -2.07. The van der Waals surface area contributed by atoms with Crippen LogP contribution in [-0.4, -0.2) is 27.5 Å². The molecule has 0 radical (unpaired) electrons. The molecule has 0 aromatic heterocycles. The number of hydrazone groups is 1. The van der Waals surface area contributed by atoms with Gasteiger partial charge in [-0.05, 0) is 68.7 Å². The van der Waals surface area contributed by atoms with Gasteiger partial charge < -0.3 is 14.2 Å². The van der Waals surface area contributed by atoms with Gasteiger partial charge in [-0.1, -0.05) is 6.07 Å². The Morgan fingerprint density at radius 3 is 2.63 bits per heavy atom. The monoisotopic (exact) mass is 390 g/mol. The van der Waals surface area contributed by atoms with Crippen LogP contribution in [0.2, 0.25) is 0 Å². The van der Waals surface area contributed by atoms with Crippen LogP contribution in [0.15, 0.2) is 52.5 Å². The van der Waals surface area contributed by atoms with E-state index in [0.717, 1.165) is 23.5 Å². The normalized spacial score (nSPS) is 13.5. The predicted octanol–water partition coefficient (Wildman–Crippen LogP) is 3.10. The number of hydrogen-bond donors (Lipinski definition) is 1. The number of fused-ring (bicyclic) bond motifs is 1. The quantitative estimate of drug-likeness (QED) is 0.553. The van der Waals surface area contributed by atoms with Crippen molar-refractivity contribution in [2.75, 3.05) is 13.4 Å². The largest absolute Gasteiger partial charge is 0.494 e. The fourth-order valence-corrected chi connectivity index (χ4v) is 3.43. The van der Waals surface area contributed by atoms with E-state index < -0.39 is 10.0 Å². The first-order valence-electron chi connectivity index (χ1n) is 8.64. The standard InChI is InChI=1S/C19H22N2O5S/c1-3-24-16-7-9-17(10-8-16)27(22,23)21-20-14(2)4-5-15-6-11-18-19(12-15)26-13-25-18/h6-12,21H,3-5,13H2,1-2H3/b20-14+. The smallest absolute Gasteiger partial charge is 0.276 e. The molecule has 1 aliphatic rings. The predicted molar refractivity (Wildman–Crippen MR) is 102 cm³/mol. The van der Waals surface area contributed by atoms with Gasteiger partial charge in [-0.3, -0.25) is 0 Å². The number of nitrogens with zero attached hydrogens (tertiary/aromatic N) is 1. The average molecular weight is 390 g/mol. The van der Waals surface area contributed by atoms with Gasteiger partial charge in [0.2, 0.25) is 6.79 Å². The summed E-state index contributed by atoms with van der Waals surface area (Å²) in [6.07, 6.45) is 1.34. The van der Waals surface area contributed by atoms with E-state index in [-0.39, 0.29) is 11.7 Å². The van der Waals surface area contributed by atoms with Gasteiger partial charge in [0.05, 0.1) is 11.5 Å². The molecule has 7 nitrogen and oxygen atoms in total. The summed E-state index contributed by atoms with van der Waals surface area (Å²) in [4.78, 5) is 2.42. The maximum Gasteiger partial charge on any atom is 0.276 e. The van der Waals surface area contributed by atoms with E-state index in [4.69, 9.17) is 14.2 Å². The van der Waals surface area contributed by atoms with Gasteiger partial charge in [0, 0.05) is 5.71 Å². The first-order valence-corrected chi connectivity index (χ1v) is 10.1. The fourth-order valence-electron chi connectivity index (χ4n) is 2.55. The Hall–Kier alpha value is -2.74. The summed E-state index contributed by atoms with van der Waals surface area (Å²) >= 11 is 0. The van der Waals surface area contributed by atoms with Crippen molar-refractivity contribution in [3.63, 3.8) is 0 Å². The molecule has 1 aliphatic heterocycles. The zero-order valence-corrected chi connectivity index (χ0v) is 16.1. The van der Waals surface area contributed by atoms with E-state index in [1.807, 2.05) is 25.1 Å².